The zero-order valence-electron chi connectivity index (χ0n) is 15.3. The lowest BCUT2D eigenvalue weighted by Crippen LogP contribution is -2.54. The number of nitrogen functional groups attached to an aromatic ring is 1. The monoisotopic (exact) mass is 427 g/mol. The van der Waals surface area contributed by atoms with Crippen LogP contribution in [0.2, 0.25) is 0 Å². The third-order valence-corrected chi connectivity index (χ3v) is 5.35. The summed E-state index contributed by atoms with van der Waals surface area (Å²) in [5, 5.41) is 22.6. The van der Waals surface area contributed by atoms with Gasteiger partial charge in [-0.1, -0.05) is 0 Å². The van der Waals surface area contributed by atoms with Gasteiger partial charge in [0.15, 0.2) is 23.8 Å². The van der Waals surface area contributed by atoms with E-state index in [1.807, 2.05) is 0 Å². The average molecular weight is 427 g/mol. The molecule has 1 aliphatic heterocycles. The molecule has 0 bridgehead atoms. The number of carboxylic acid groups (broad SMARTS) is 1. The van der Waals surface area contributed by atoms with Crippen LogP contribution in [-0.2, 0) is 25.1 Å². The maximum absolute atomic E-state index is 12.3. The standard InChI is InChI=1S/C15H21N7O6S/c1-29(27)3-2-6(16)13(24)21-7-9(23)14(28-10(7)15(25)26)22-5-20-8-11(17)18-4-19-12(8)22/h4-7,9-10,14,23H,2-3,16H2,1H3,(H,21,24)(H,25,26)(H2,17,18,19). The first-order valence-corrected chi connectivity index (χ1v) is 10.3. The van der Waals surface area contributed by atoms with E-state index in [1.54, 1.807) is 0 Å². The highest BCUT2D eigenvalue weighted by atomic mass is 32.2. The van der Waals surface area contributed by atoms with Crippen molar-refractivity contribution in [2.24, 2.45) is 5.73 Å². The van der Waals surface area contributed by atoms with Gasteiger partial charge >= 0.3 is 5.97 Å². The van der Waals surface area contributed by atoms with Gasteiger partial charge in [0, 0.05) is 22.8 Å². The van der Waals surface area contributed by atoms with Crippen molar-refractivity contribution in [3.8, 4) is 0 Å². The van der Waals surface area contributed by atoms with Crippen molar-refractivity contribution in [2.75, 3.05) is 17.7 Å². The third kappa shape index (κ3) is 4.19. The van der Waals surface area contributed by atoms with Crippen molar-refractivity contribution in [3.63, 3.8) is 0 Å². The molecule has 3 rings (SSSR count). The molecule has 0 radical (unpaired) electrons. The first-order chi connectivity index (χ1) is 13.7. The van der Waals surface area contributed by atoms with Crippen LogP contribution >= 0.6 is 0 Å². The van der Waals surface area contributed by atoms with Gasteiger partial charge in [0.2, 0.25) is 5.91 Å². The summed E-state index contributed by atoms with van der Waals surface area (Å²) >= 11 is 0. The van der Waals surface area contributed by atoms with Crippen molar-refractivity contribution in [1.82, 2.24) is 24.8 Å². The molecular formula is C15H21N7O6S. The molecule has 13 nitrogen and oxygen atoms in total. The van der Waals surface area contributed by atoms with E-state index >= 15 is 0 Å². The lowest BCUT2D eigenvalue weighted by Gasteiger charge is -2.22. The fourth-order valence-electron chi connectivity index (χ4n) is 3.03. The number of hydrogen-bond donors (Lipinski definition) is 5. The van der Waals surface area contributed by atoms with Crippen LogP contribution in [0.4, 0.5) is 5.82 Å². The molecule has 158 valence electrons. The molecule has 1 fully saturated rings. The molecule has 2 aromatic rings. The van der Waals surface area contributed by atoms with Gasteiger partial charge in [0.05, 0.1) is 18.4 Å². The minimum atomic E-state index is -1.54. The molecule has 29 heavy (non-hydrogen) atoms. The molecule has 1 aliphatic rings. The Morgan fingerprint density at radius 2 is 2.14 bits per heavy atom. The second kappa shape index (κ2) is 8.36. The van der Waals surface area contributed by atoms with E-state index in [0.29, 0.717) is 0 Å². The fourth-order valence-corrected chi connectivity index (χ4v) is 3.61. The van der Waals surface area contributed by atoms with E-state index in [4.69, 9.17) is 16.2 Å². The van der Waals surface area contributed by atoms with Crippen molar-refractivity contribution in [3.05, 3.63) is 12.7 Å². The Balaban J connectivity index is 1.82. The van der Waals surface area contributed by atoms with Crippen molar-refractivity contribution in [2.45, 2.75) is 36.9 Å². The minimum absolute atomic E-state index is 0.111. The van der Waals surface area contributed by atoms with Gasteiger partial charge in [-0.2, -0.15) is 0 Å². The largest absolute Gasteiger partial charge is 0.479 e. The van der Waals surface area contributed by atoms with Crippen LogP contribution in [0.5, 0.6) is 0 Å². The van der Waals surface area contributed by atoms with Crippen molar-refractivity contribution in [1.29, 1.82) is 0 Å². The van der Waals surface area contributed by atoms with E-state index in [9.17, 15) is 24.0 Å². The number of nitrogens with one attached hydrogen (secondary N) is 1. The Hall–Kier alpha value is -2.68. The SMILES string of the molecule is CS(=O)CCC(N)C(=O)NC1C(C(=O)O)OC(n2cnc3c(N)ncnc32)C1O. The fraction of sp³-hybridized carbons (Fsp3) is 0.533. The summed E-state index contributed by atoms with van der Waals surface area (Å²) in [6.45, 7) is 0. The molecule has 3 heterocycles. The number of nitrogens with two attached hydrogens (primary N) is 2. The number of aliphatic hydroxyl groups excluding tert-OH is 1. The third-order valence-electron chi connectivity index (χ3n) is 4.54. The molecule has 6 atom stereocenters. The summed E-state index contributed by atoms with van der Waals surface area (Å²) in [6, 6.07) is -2.29. The molecule has 0 aliphatic carbocycles. The number of rotatable bonds is 7. The van der Waals surface area contributed by atoms with Crippen LogP contribution in [0.15, 0.2) is 12.7 Å². The summed E-state index contributed by atoms with van der Waals surface area (Å²) in [7, 11) is -1.13. The number of nitrogens with zero attached hydrogens (tertiary/aromatic N) is 4. The number of carbonyl (C=O) groups is 2. The molecule has 0 spiro atoms. The number of aliphatic carboxylic acids is 1. The second-order valence-corrected chi connectivity index (χ2v) is 8.12. The maximum atomic E-state index is 12.3. The molecule has 1 saturated heterocycles. The number of ether oxygens (including phenoxy) is 1. The Kier molecular flexibility index (Phi) is 6.07. The van der Waals surface area contributed by atoms with Gasteiger partial charge < -0.3 is 31.7 Å². The molecule has 0 aromatic carbocycles. The smallest absolute Gasteiger partial charge is 0.335 e. The average Bonchev–Trinajstić information content (AvgIpc) is 3.22. The van der Waals surface area contributed by atoms with Crippen LogP contribution in [0.1, 0.15) is 12.6 Å². The number of amides is 1. The highest BCUT2D eigenvalue weighted by Crippen LogP contribution is 2.32. The predicted molar refractivity (Wildman–Crippen MR) is 101 cm³/mol. The molecule has 7 N–H and O–H groups in total. The summed E-state index contributed by atoms with van der Waals surface area (Å²) in [5.41, 5.74) is 12.0. The van der Waals surface area contributed by atoms with Gasteiger partial charge in [-0.15, -0.1) is 0 Å². The lowest BCUT2D eigenvalue weighted by atomic mass is 10.1. The Labute approximate surface area is 166 Å². The van der Waals surface area contributed by atoms with Crippen molar-refractivity contribution >= 4 is 39.7 Å². The molecule has 6 unspecified atom stereocenters. The number of aromatic nitrogens is 4. The Morgan fingerprint density at radius 3 is 2.79 bits per heavy atom. The van der Waals surface area contributed by atoms with Gasteiger partial charge in [-0.05, 0) is 6.42 Å². The number of anilines is 1. The first kappa shape index (κ1) is 21.0. The Bertz CT molecular complexity index is 952. The van der Waals surface area contributed by atoms with E-state index in [1.165, 1.54) is 23.5 Å². The number of fused-ring (bicyclic) bond motifs is 1. The number of hydrogen-bond acceptors (Lipinski definition) is 10. The van der Waals surface area contributed by atoms with Gasteiger partial charge in [0.1, 0.15) is 17.9 Å². The van der Waals surface area contributed by atoms with E-state index in [-0.39, 0.29) is 29.2 Å². The highest BCUT2D eigenvalue weighted by molar-refractivity contribution is 7.84. The summed E-state index contributed by atoms with van der Waals surface area (Å²) in [5.74, 6) is -1.73. The molecule has 2 aromatic heterocycles. The summed E-state index contributed by atoms with van der Waals surface area (Å²) < 4.78 is 18.0. The van der Waals surface area contributed by atoms with E-state index in [0.717, 1.165) is 0 Å². The highest BCUT2D eigenvalue weighted by Gasteiger charge is 2.49. The number of aliphatic hydroxyl groups is 1. The second-order valence-electron chi connectivity index (χ2n) is 6.57. The van der Waals surface area contributed by atoms with Crippen LogP contribution in [0, 0.1) is 0 Å². The van der Waals surface area contributed by atoms with Crippen LogP contribution < -0.4 is 16.8 Å². The first-order valence-electron chi connectivity index (χ1n) is 8.56. The van der Waals surface area contributed by atoms with Crippen LogP contribution in [0.25, 0.3) is 11.2 Å². The zero-order valence-corrected chi connectivity index (χ0v) is 16.2. The van der Waals surface area contributed by atoms with Gasteiger partial charge in [-0.25, -0.2) is 19.7 Å². The maximum Gasteiger partial charge on any atom is 0.335 e. The van der Waals surface area contributed by atoms with E-state index < -0.39 is 53.2 Å². The van der Waals surface area contributed by atoms with Gasteiger partial charge in [0.25, 0.3) is 0 Å². The minimum Gasteiger partial charge on any atom is -0.479 e. The molecule has 14 heteroatoms. The molecule has 0 saturated carbocycles. The number of carbonyl (C=O) groups excluding carboxylic acids is 1. The summed E-state index contributed by atoms with van der Waals surface area (Å²) in [4.78, 5) is 35.9. The van der Waals surface area contributed by atoms with E-state index in [2.05, 4.69) is 20.3 Å². The predicted octanol–water partition coefficient (Wildman–Crippen LogP) is -2.67. The topological polar surface area (TPSA) is 209 Å². The summed E-state index contributed by atoms with van der Waals surface area (Å²) in [6.07, 6.45) is -0.0705. The van der Waals surface area contributed by atoms with Crippen LogP contribution in [-0.4, -0.2) is 82.1 Å². The number of carboxylic acids is 1. The zero-order chi connectivity index (χ0) is 21.3. The normalized spacial score (nSPS) is 26.3. The van der Waals surface area contributed by atoms with Crippen LogP contribution in [0.3, 0.4) is 0 Å². The molecule has 1 amide bonds. The van der Waals surface area contributed by atoms with Gasteiger partial charge in [-0.3, -0.25) is 13.6 Å². The van der Waals surface area contributed by atoms with Crippen molar-refractivity contribution < 1.29 is 28.7 Å². The molecular weight excluding hydrogens is 406 g/mol. The Morgan fingerprint density at radius 1 is 1.41 bits per heavy atom. The lowest BCUT2D eigenvalue weighted by molar-refractivity contribution is -0.152. The number of imidazole rings is 1. The quantitative estimate of drug-likeness (QED) is 0.308.